The molecule has 0 bridgehead atoms. The number of sulfonamides is 1. The van der Waals surface area contributed by atoms with E-state index in [9.17, 15) is 13.5 Å². The van der Waals surface area contributed by atoms with Crippen molar-refractivity contribution < 1.29 is 31.9 Å². The number of aliphatic hydroxyl groups excluding tert-OH is 1. The summed E-state index contributed by atoms with van der Waals surface area (Å²) in [4.78, 5) is 0.234. The van der Waals surface area contributed by atoms with Crippen LogP contribution in [0.3, 0.4) is 0 Å². The molecule has 0 radical (unpaired) electrons. The van der Waals surface area contributed by atoms with Gasteiger partial charge in [0.05, 0.1) is 22.4 Å². The van der Waals surface area contributed by atoms with Crippen LogP contribution in [0.5, 0.6) is 0 Å². The lowest BCUT2D eigenvalue weighted by atomic mass is 10.0. The van der Waals surface area contributed by atoms with Crippen molar-refractivity contribution in [3.8, 4) is 0 Å². The summed E-state index contributed by atoms with van der Waals surface area (Å²) in [5.41, 5.74) is 8.17. The number of hydrogen-bond acceptors (Lipinski definition) is 8. The normalized spacial score (nSPS) is 14.5. The molecule has 0 aliphatic rings. The maximum absolute atomic E-state index is 13.1. The van der Waals surface area contributed by atoms with Gasteiger partial charge in [-0.1, -0.05) is 61.9 Å². The second-order valence-electron chi connectivity index (χ2n) is 7.72. The highest BCUT2D eigenvalue weighted by molar-refractivity contribution is 7.89. The Bertz CT molecular complexity index is 923. The molecular weight excluding hydrogens is 456 g/mol. The molecule has 3 atom stereocenters. The third-order valence-electron chi connectivity index (χ3n) is 4.48. The Balaban J connectivity index is 0.000000920. The van der Waals surface area contributed by atoms with Gasteiger partial charge in [0.1, 0.15) is 0 Å². The van der Waals surface area contributed by atoms with Crippen LogP contribution in [0.4, 0.5) is 0 Å². The Kier molecular flexibility index (Phi) is 12.2. The van der Waals surface area contributed by atoms with Gasteiger partial charge in [0, 0.05) is 19.1 Å². The largest absolute Gasteiger partial charge is 0.750 e. The fourth-order valence-corrected chi connectivity index (χ4v) is 4.53. The molecule has 0 aromatic heterocycles. The van der Waals surface area contributed by atoms with Crippen LogP contribution < -0.4 is 11.0 Å². The monoisotopic (exact) mass is 486 g/mol. The molecular formula is C21H30N2O7S2-2. The van der Waals surface area contributed by atoms with Gasteiger partial charge in [-0.05, 0) is 37.0 Å². The summed E-state index contributed by atoms with van der Waals surface area (Å²) in [6.07, 6.45) is -0.466. The zero-order chi connectivity index (χ0) is 24.3. The van der Waals surface area contributed by atoms with Crippen LogP contribution in [0.25, 0.3) is 0 Å². The van der Waals surface area contributed by atoms with E-state index in [1.54, 1.807) is 24.3 Å². The summed E-state index contributed by atoms with van der Waals surface area (Å²) in [6, 6.07) is 15.9. The van der Waals surface area contributed by atoms with Crippen LogP contribution in [0.15, 0.2) is 59.5 Å². The van der Waals surface area contributed by atoms with E-state index in [4.69, 9.17) is 19.8 Å². The zero-order valence-corrected chi connectivity index (χ0v) is 19.9. The predicted molar refractivity (Wildman–Crippen MR) is 119 cm³/mol. The Morgan fingerprint density at radius 2 is 1.62 bits per heavy atom. The number of nitrogens with zero attached hydrogens (tertiary/aromatic N) is 1. The number of aliphatic hydroxyl groups is 1. The lowest BCUT2D eigenvalue weighted by Gasteiger charge is -2.28. The number of rotatable bonds is 10. The molecule has 1 unspecified atom stereocenters. The number of hydrogen-bond donors (Lipinski definition) is 2. The summed E-state index contributed by atoms with van der Waals surface area (Å²) in [5.74, 6) is 0.128. The van der Waals surface area contributed by atoms with Crippen molar-refractivity contribution in [2.24, 2.45) is 11.7 Å². The molecule has 0 aliphatic heterocycles. The van der Waals surface area contributed by atoms with Gasteiger partial charge in [-0.15, -0.1) is 0 Å². The Hall–Kier alpha value is -1.70. The summed E-state index contributed by atoms with van der Waals surface area (Å²) >= 11 is -2.88. The van der Waals surface area contributed by atoms with Crippen molar-refractivity contribution in [1.29, 1.82) is 0 Å². The first-order chi connectivity index (χ1) is 15.0. The predicted octanol–water partition coefficient (Wildman–Crippen LogP) is 0.645. The van der Waals surface area contributed by atoms with E-state index in [1.807, 2.05) is 51.1 Å². The lowest BCUT2D eigenvalue weighted by Crippen LogP contribution is -2.47. The van der Waals surface area contributed by atoms with Gasteiger partial charge in [0.15, 0.2) is 0 Å². The first-order valence-corrected chi connectivity index (χ1v) is 12.3. The second kappa shape index (κ2) is 13.8. The number of nitrogens with two attached hydrogens (primary N) is 1. The fraction of sp³-hybridized carbons (Fsp3) is 0.429. The van der Waals surface area contributed by atoms with E-state index >= 15 is 0 Å². The molecule has 0 aliphatic carbocycles. The molecule has 11 heteroatoms. The smallest absolute Gasteiger partial charge is 0.243 e. The van der Waals surface area contributed by atoms with E-state index in [-0.39, 0.29) is 17.4 Å². The van der Waals surface area contributed by atoms with Crippen LogP contribution >= 0.6 is 0 Å². The van der Waals surface area contributed by atoms with Crippen molar-refractivity contribution >= 4 is 21.4 Å². The van der Waals surface area contributed by atoms with Gasteiger partial charge in [-0.2, -0.15) is 4.31 Å². The standard InChI is InChI=1S/C21H30N2O3S.H2O4S/c1-16(2)14-23(27(25,26)19-11-9-17(3)10-12-19)15-21(24)20(22)13-18-7-5-4-6-8-18;1-4-5(2)3/h4-12,16,20-21,24H,13-15,22H2,1-3H3;1H,(H,2,3)/p-2/t20-,21+;/m0./s1. The van der Waals surface area contributed by atoms with E-state index < -0.39 is 33.5 Å². The summed E-state index contributed by atoms with van der Waals surface area (Å²) in [6.45, 7) is 6.12. The number of benzene rings is 2. The molecule has 0 fully saturated rings. The van der Waals surface area contributed by atoms with E-state index in [0.717, 1.165) is 11.1 Å². The van der Waals surface area contributed by atoms with E-state index in [1.165, 1.54) is 4.31 Å². The molecule has 3 N–H and O–H groups in total. The average Bonchev–Trinajstić information content (AvgIpc) is 2.74. The first kappa shape index (κ1) is 28.3. The molecule has 0 saturated heterocycles. The maximum Gasteiger partial charge on any atom is 0.243 e. The van der Waals surface area contributed by atoms with Crippen LogP contribution in [0.2, 0.25) is 0 Å². The molecule has 0 amide bonds. The Labute approximate surface area is 192 Å². The third-order valence-corrected chi connectivity index (χ3v) is 6.44. The van der Waals surface area contributed by atoms with Gasteiger partial charge in [-0.3, -0.25) is 0 Å². The Morgan fingerprint density at radius 1 is 1.09 bits per heavy atom. The molecule has 180 valence electrons. The molecule has 2 rings (SSSR count). The van der Waals surface area contributed by atoms with Gasteiger partial charge >= 0.3 is 0 Å². The van der Waals surface area contributed by atoms with Crippen LogP contribution in [0, 0.1) is 12.8 Å². The van der Waals surface area contributed by atoms with E-state index in [0.29, 0.717) is 13.0 Å². The number of aryl methyl sites for hydroxylation is 1. The minimum atomic E-state index is -3.70. The molecule has 0 spiro atoms. The summed E-state index contributed by atoms with van der Waals surface area (Å²) in [7, 11) is -3.70. The highest BCUT2D eigenvalue weighted by atomic mass is 32.2. The van der Waals surface area contributed by atoms with Gasteiger partial charge < -0.3 is 25.0 Å². The van der Waals surface area contributed by atoms with Crippen molar-refractivity contribution in [3.63, 3.8) is 0 Å². The van der Waals surface area contributed by atoms with Crippen LogP contribution in [-0.4, -0.2) is 51.8 Å². The van der Waals surface area contributed by atoms with Crippen LogP contribution in [0.1, 0.15) is 25.0 Å². The third kappa shape index (κ3) is 9.84. The highest BCUT2D eigenvalue weighted by Crippen LogP contribution is 2.19. The molecule has 2 aromatic rings. The minimum Gasteiger partial charge on any atom is -0.750 e. The molecule has 9 nitrogen and oxygen atoms in total. The van der Waals surface area contributed by atoms with Gasteiger partial charge in [-0.25, -0.2) is 12.6 Å². The van der Waals surface area contributed by atoms with Crippen molar-refractivity contribution in [2.75, 3.05) is 13.1 Å². The second-order valence-corrected chi connectivity index (χ2v) is 10.2. The highest BCUT2D eigenvalue weighted by Gasteiger charge is 2.29. The lowest BCUT2D eigenvalue weighted by molar-refractivity contribution is -0.635. The Morgan fingerprint density at radius 3 is 2.09 bits per heavy atom. The quantitative estimate of drug-likeness (QED) is 0.282. The SMILES string of the molecule is Cc1ccc(S(=O)(=O)N(CC(C)C)C[C@@H](O)[C@@H](N)Cc2ccccc2)cc1.O=S([O-])O[O-]. The average molecular weight is 487 g/mol. The fourth-order valence-electron chi connectivity index (χ4n) is 2.90. The molecule has 0 heterocycles. The molecule has 32 heavy (non-hydrogen) atoms. The topological polar surface area (TPSA) is 156 Å². The van der Waals surface area contributed by atoms with Crippen molar-refractivity contribution in [1.82, 2.24) is 4.31 Å². The molecule has 2 aromatic carbocycles. The van der Waals surface area contributed by atoms with E-state index in [2.05, 4.69) is 4.33 Å². The summed E-state index contributed by atoms with van der Waals surface area (Å²) in [5, 5.41) is 19.1. The summed E-state index contributed by atoms with van der Waals surface area (Å²) < 4.78 is 47.6. The maximum atomic E-state index is 13.1. The first-order valence-electron chi connectivity index (χ1n) is 9.91. The van der Waals surface area contributed by atoms with Crippen LogP contribution in [-0.2, 0) is 32.1 Å². The van der Waals surface area contributed by atoms with Crippen molar-refractivity contribution in [3.05, 3.63) is 65.7 Å². The van der Waals surface area contributed by atoms with Crippen molar-refractivity contribution in [2.45, 2.75) is 44.2 Å². The minimum absolute atomic E-state index is 0.0254. The van der Waals surface area contributed by atoms with Gasteiger partial charge in [0.2, 0.25) is 10.0 Å². The van der Waals surface area contributed by atoms with Gasteiger partial charge in [0.25, 0.3) is 0 Å². The molecule has 0 saturated carbocycles. The zero-order valence-electron chi connectivity index (χ0n) is 18.3.